The van der Waals surface area contributed by atoms with Crippen LogP contribution in [0.3, 0.4) is 0 Å². The fourth-order valence-electron chi connectivity index (χ4n) is 2.95. The minimum atomic E-state index is -0.211. The molecule has 0 saturated heterocycles. The molecule has 0 aromatic heterocycles. The molecule has 0 aliphatic rings. The van der Waals surface area contributed by atoms with E-state index in [0.717, 1.165) is 25.0 Å². The van der Waals surface area contributed by atoms with Crippen LogP contribution in [0.15, 0.2) is 78.9 Å². The summed E-state index contributed by atoms with van der Waals surface area (Å²) >= 11 is 0. The van der Waals surface area contributed by atoms with E-state index < -0.39 is 0 Å². The first-order valence-electron chi connectivity index (χ1n) is 9.25. The minimum Gasteiger partial charge on any atom is -0.489 e. The van der Waals surface area contributed by atoms with Gasteiger partial charge in [-0.15, -0.1) is 0 Å². The van der Waals surface area contributed by atoms with Gasteiger partial charge in [-0.05, 0) is 60.6 Å². The van der Waals surface area contributed by atoms with Gasteiger partial charge >= 0.3 is 0 Å². The lowest BCUT2D eigenvalue weighted by Gasteiger charge is -2.08. The van der Waals surface area contributed by atoms with Gasteiger partial charge in [0, 0.05) is 0 Å². The topological polar surface area (TPSA) is 29.5 Å². The summed E-state index contributed by atoms with van der Waals surface area (Å²) in [4.78, 5) is 0. The highest BCUT2D eigenvalue weighted by atomic mass is 16.5. The Bertz CT molecular complexity index is 775. The van der Waals surface area contributed by atoms with Gasteiger partial charge in [-0.3, -0.25) is 0 Å². The number of aliphatic hydroxyl groups excluding tert-OH is 1. The smallest absolute Gasteiger partial charge is 0.119 e. The summed E-state index contributed by atoms with van der Waals surface area (Å²) in [5, 5.41) is 9.34. The van der Waals surface area contributed by atoms with Gasteiger partial charge in [0.15, 0.2) is 0 Å². The number of rotatable bonds is 8. The van der Waals surface area contributed by atoms with E-state index in [1.807, 2.05) is 37.3 Å². The van der Waals surface area contributed by atoms with Crippen molar-refractivity contribution in [3.8, 4) is 16.9 Å². The molecule has 3 aromatic rings. The number of aliphatic hydroxyl groups is 1. The molecule has 0 amide bonds. The van der Waals surface area contributed by atoms with E-state index >= 15 is 0 Å². The Morgan fingerprint density at radius 3 is 2.00 bits per heavy atom. The first-order valence-corrected chi connectivity index (χ1v) is 9.25. The lowest BCUT2D eigenvalue weighted by atomic mass is 10.0. The molecule has 26 heavy (non-hydrogen) atoms. The van der Waals surface area contributed by atoms with Crippen molar-refractivity contribution in [3.63, 3.8) is 0 Å². The maximum absolute atomic E-state index is 9.34. The Morgan fingerprint density at radius 2 is 1.38 bits per heavy atom. The summed E-state index contributed by atoms with van der Waals surface area (Å²) in [6.07, 6.45) is 2.67. The Morgan fingerprint density at radius 1 is 0.769 bits per heavy atom. The molecule has 1 N–H and O–H groups in total. The van der Waals surface area contributed by atoms with Gasteiger partial charge in [0.1, 0.15) is 12.4 Å². The molecule has 0 bridgehead atoms. The highest BCUT2D eigenvalue weighted by Crippen LogP contribution is 2.23. The molecular formula is C24H26O2. The highest BCUT2D eigenvalue weighted by Gasteiger charge is 2.02. The van der Waals surface area contributed by atoms with Crippen molar-refractivity contribution >= 4 is 0 Å². The average molecular weight is 346 g/mol. The molecular weight excluding hydrogens is 320 g/mol. The fraction of sp³-hybridized carbons (Fsp3) is 0.250. The quantitative estimate of drug-likeness (QED) is 0.572. The van der Waals surface area contributed by atoms with E-state index in [1.54, 1.807) is 0 Å². The summed E-state index contributed by atoms with van der Waals surface area (Å²) in [5.74, 6) is 0.882. The first kappa shape index (κ1) is 18.2. The van der Waals surface area contributed by atoms with Crippen LogP contribution in [0.4, 0.5) is 0 Å². The summed E-state index contributed by atoms with van der Waals surface area (Å²) in [6, 6.07) is 27.1. The molecule has 1 atom stereocenters. The molecule has 2 heteroatoms. The van der Waals surface area contributed by atoms with Crippen molar-refractivity contribution < 1.29 is 9.84 Å². The third-order valence-electron chi connectivity index (χ3n) is 4.48. The summed E-state index contributed by atoms with van der Waals surface area (Å²) in [6.45, 7) is 2.43. The minimum absolute atomic E-state index is 0.211. The standard InChI is InChI=1S/C24H26O2/c1-19(25)6-5-9-20-10-12-22(13-11-20)23-14-16-24(17-15-23)26-18-21-7-3-2-4-8-21/h2-4,7-8,10-17,19,25H,5-6,9,18H2,1H3. The van der Waals surface area contributed by atoms with Crippen LogP contribution >= 0.6 is 0 Å². The van der Waals surface area contributed by atoms with Gasteiger partial charge in [0.25, 0.3) is 0 Å². The summed E-state index contributed by atoms with van der Waals surface area (Å²) in [5.41, 5.74) is 4.88. The van der Waals surface area contributed by atoms with Gasteiger partial charge in [0.2, 0.25) is 0 Å². The van der Waals surface area contributed by atoms with Gasteiger partial charge in [-0.25, -0.2) is 0 Å². The Balaban J connectivity index is 1.56. The number of aryl methyl sites for hydroxylation is 1. The predicted molar refractivity (Wildman–Crippen MR) is 107 cm³/mol. The molecule has 0 aliphatic heterocycles. The fourth-order valence-corrected chi connectivity index (χ4v) is 2.95. The monoisotopic (exact) mass is 346 g/mol. The van der Waals surface area contributed by atoms with Gasteiger partial charge in [-0.2, -0.15) is 0 Å². The number of hydrogen-bond acceptors (Lipinski definition) is 2. The van der Waals surface area contributed by atoms with Crippen molar-refractivity contribution in [1.29, 1.82) is 0 Å². The zero-order valence-electron chi connectivity index (χ0n) is 15.3. The van der Waals surface area contributed by atoms with Crippen molar-refractivity contribution in [2.45, 2.75) is 38.9 Å². The Labute approximate surface area is 156 Å². The maximum Gasteiger partial charge on any atom is 0.119 e. The van der Waals surface area contributed by atoms with Gasteiger partial charge in [0.05, 0.1) is 6.10 Å². The van der Waals surface area contributed by atoms with E-state index in [1.165, 1.54) is 22.3 Å². The van der Waals surface area contributed by atoms with Crippen LogP contribution in [0.2, 0.25) is 0 Å². The molecule has 3 aromatic carbocycles. The largest absolute Gasteiger partial charge is 0.489 e. The van der Waals surface area contributed by atoms with E-state index in [9.17, 15) is 5.11 Å². The summed E-state index contributed by atoms with van der Waals surface area (Å²) in [7, 11) is 0. The van der Waals surface area contributed by atoms with E-state index in [2.05, 4.69) is 48.5 Å². The summed E-state index contributed by atoms with van der Waals surface area (Å²) < 4.78 is 5.85. The molecule has 134 valence electrons. The van der Waals surface area contributed by atoms with Crippen LogP contribution in [0, 0.1) is 0 Å². The second kappa shape index (κ2) is 9.21. The number of ether oxygens (including phenoxy) is 1. The van der Waals surface area contributed by atoms with Crippen molar-refractivity contribution in [1.82, 2.24) is 0 Å². The molecule has 0 saturated carbocycles. The highest BCUT2D eigenvalue weighted by molar-refractivity contribution is 5.64. The number of benzene rings is 3. The lowest BCUT2D eigenvalue weighted by Crippen LogP contribution is -1.99. The van der Waals surface area contributed by atoms with Crippen LogP contribution in [0.25, 0.3) is 11.1 Å². The third kappa shape index (κ3) is 5.47. The Hall–Kier alpha value is -2.58. The molecule has 0 heterocycles. The van der Waals surface area contributed by atoms with Crippen LogP contribution in [-0.4, -0.2) is 11.2 Å². The predicted octanol–water partition coefficient (Wildman–Crippen LogP) is 5.64. The lowest BCUT2D eigenvalue weighted by molar-refractivity contribution is 0.182. The van der Waals surface area contributed by atoms with E-state index in [4.69, 9.17) is 4.74 Å². The average Bonchev–Trinajstić information content (AvgIpc) is 2.68. The number of hydrogen-bond donors (Lipinski definition) is 1. The zero-order chi connectivity index (χ0) is 18.2. The molecule has 0 spiro atoms. The molecule has 0 fully saturated rings. The second-order valence-corrected chi connectivity index (χ2v) is 6.74. The van der Waals surface area contributed by atoms with Crippen molar-refractivity contribution in [2.75, 3.05) is 0 Å². The second-order valence-electron chi connectivity index (χ2n) is 6.74. The maximum atomic E-state index is 9.34. The van der Waals surface area contributed by atoms with E-state index in [-0.39, 0.29) is 6.10 Å². The van der Waals surface area contributed by atoms with Crippen LogP contribution in [0.5, 0.6) is 5.75 Å². The molecule has 0 aliphatic carbocycles. The molecule has 2 nitrogen and oxygen atoms in total. The van der Waals surface area contributed by atoms with Crippen molar-refractivity contribution in [2.24, 2.45) is 0 Å². The normalized spacial score (nSPS) is 11.9. The van der Waals surface area contributed by atoms with E-state index in [0.29, 0.717) is 6.61 Å². The van der Waals surface area contributed by atoms with Crippen LogP contribution < -0.4 is 4.74 Å². The third-order valence-corrected chi connectivity index (χ3v) is 4.48. The van der Waals surface area contributed by atoms with Crippen molar-refractivity contribution in [3.05, 3.63) is 90.0 Å². The SMILES string of the molecule is CC(O)CCCc1ccc(-c2ccc(OCc3ccccc3)cc2)cc1. The molecule has 0 radical (unpaired) electrons. The van der Waals surface area contributed by atoms with Crippen LogP contribution in [0.1, 0.15) is 30.9 Å². The van der Waals surface area contributed by atoms with Crippen LogP contribution in [-0.2, 0) is 13.0 Å². The zero-order valence-corrected chi connectivity index (χ0v) is 15.3. The molecule has 1 unspecified atom stereocenters. The molecule has 3 rings (SSSR count). The Kier molecular flexibility index (Phi) is 6.45. The van der Waals surface area contributed by atoms with Gasteiger partial charge in [-0.1, -0.05) is 66.7 Å². The van der Waals surface area contributed by atoms with Gasteiger partial charge < -0.3 is 9.84 Å². The first-order chi connectivity index (χ1) is 12.7.